The SMILES string of the molecule is CC.CC.CC.CC.CC.CC.Cc1ccc2cccc(C)c2c1C.Cc1cccc2cn(C)c(C)c12.Cc1ccnc2cn(C)c(C)c12.Cc1cncc2cn(C)c(C)c12.Cc1ncc2cccc(C)c2c1C.Cc1nccc2cn(C)c(C)c12. The highest BCUT2D eigenvalue weighted by molar-refractivity contribution is 5.91. The smallest absolute Gasteiger partial charge is 0.0883 e. The van der Waals surface area contributed by atoms with E-state index in [0.29, 0.717) is 0 Å². The van der Waals surface area contributed by atoms with Crippen LogP contribution in [0.4, 0.5) is 0 Å². The first-order valence-electron chi connectivity index (χ1n) is 31.6. The Morgan fingerprint density at radius 3 is 1.17 bits per heavy atom. The van der Waals surface area contributed by atoms with Crippen molar-refractivity contribution in [2.45, 2.75) is 180 Å². The molecule has 0 bridgehead atoms. The monoisotopic (exact) mass is 1160 g/mol. The van der Waals surface area contributed by atoms with Gasteiger partial charge in [0, 0.05) is 156 Å². The minimum Gasteiger partial charge on any atom is -0.353 e. The van der Waals surface area contributed by atoms with Crippen molar-refractivity contribution in [3.8, 4) is 0 Å². The van der Waals surface area contributed by atoms with Gasteiger partial charge in [0.2, 0.25) is 0 Å². The summed E-state index contributed by atoms with van der Waals surface area (Å²) >= 11 is 0. The molecular weight excluding hydrogens is 1050 g/mol. The van der Waals surface area contributed by atoms with Gasteiger partial charge in [-0.25, -0.2) is 0 Å². The van der Waals surface area contributed by atoms with E-state index in [0.717, 1.165) is 16.9 Å². The van der Waals surface area contributed by atoms with Gasteiger partial charge >= 0.3 is 0 Å². The van der Waals surface area contributed by atoms with Crippen molar-refractivity contribution >= 4 is 64.8 Å². The maximum atomic E-state index is 4.35. The Morgan fingerprint density at radius 2 is 0.674 bits per heavy atom. The molecule has 12 aromatic rings. The fourth-order valence-electron chi connectivity index (χ4n) is 10.3. The number of hydrogen-bond donors (Lipinski definition) is 0. The lowest BCUT2D eigenvalue weighted by Gasteiger charge is -2.07. The standard InChI is InChI=1S/C13H14.C12H13N.C11H13N.3C10H12N2.6C2H6/c1-9-7-8-12-6-4-5-10(2)13(12)11(9)3;1-8-5-4-6-11-7-13-10(3)9(2)12(8)11;1-8-5-4-6-10-7-12(3)9(2)11(8)10;1-7-4-11-5-9-6-12(3)8(2)10(7)9;1-7-10-8(2)12(3)6-9(10)4-5-11-7;1-7-4-5-11-9-6-12(3)8(2)10(7)9;6*1-2/h4-8H,1-3H3;4-7H,1-3H3;4-7H,1-3H3;3*4-6H,1-3H3;6*1-2H3. The number of aromatic nitrogens is 8. The lowest BCUT2D eigenvalue weighted by atomic mass is 9.97. The summed E-state index contributed by atoms with van der Waals surface area (Å²) in [5.41, 5.74) is 19.3. The Morgan fingerprint density at radius 1 is 0.267 bits per heavy atom. The number of rotatable bonds is 0. The van der Waals surface area contributed by atoms with Gasteiger partial charge in [-0.3, -0.25) is 19.9 Å². The van der Waals surface area contributed by atoms with Gasteiger partial charge in [0.05, 0.1) is 5.52 Å². The Kier molecular flexibility index (Phi) is 33.9. The van der Waals surface area contributed by atoms with Crippen LogP contribution < -0.4 is 0 Å². The molecule has 0 N–H and O–H groups in total. The van der Waals surface area contributed by atoms with Gasteiger partial charge in [-0.1, -0.05) is 150 Å². The first-order valence-corrected chi connectivity index (χ1v) is 31.6. The fourth-order valence-corrected chi connectivity index (χ4v) is 10.3. The summed E-state index contributed by atoms with van der Waals surface area (Å²) in [6, 6.07) is 27.7. The molecule has 0 amide bonds. The highest BCUT2D eigenvalue weighted by Crippen LogP contribution is 2.27. The van der Waals surface area contributed by atoms with Crippen molar-refractivity contribution in [3.63, 3.8) is 0 Å². The van der Waals surface area contributed by atoms with Crippen LogP contribution in [0.15, 0.2) is 135 Å². The van der Waals surface area contributed by atoms with Crippen LogP contribution in [0.2, 0.25) is 0 Å². The van der Waals surface area contributed by atoms with Gasteiger partial charge in [0.25, 0.3) is 0 Å². The van der Waals surface area contributed by atoms with Crippen molar-refractivity contribution in [3.05, 3.63) is 213 Å². The van der Waals surface area contributed by atoms with Crippen molar-refractivity contribution in [1.29, 1.82) is 0 Å². The number of pyridine rings is 4. The molecule has 4 aromatic carbocycles. The summed E-state index contributed by atoms with van der Waals surface area (Å²) in [5, 5.41) is 14.5. The molecule has 0 fully saturated rings. The second kappa shape index (κ2) is 38.3. The predicted octanol–water partition coefficient (Wildman–Crippen LogP) is 22.4. The molecule has 86 heavy (non-hydrogen) atoms. The average molecular weight is 1160 g/mol. The number of nitrogens with zero attached hydrogens (tertiary/aromatic N) is 8. The average Bonchev–Trinajstić information content (AvgIpc) is 2.95. The van der Waals surface area contributed by atoms with Gasteiger partial charge in [-0.15, -0.1) is 0 Å². The summed E-state index contributed by atoms with van der Waals surface area (Å²) in [4.78, 5) is 17.1. The highest BCUT2D eigenvalue weighted by Gasteiger charge is 2.09. The molecule has 8 nitrogen and oxygen atoms in total. The molecule has 0 aliphatic carbocycles. The van der Waals surface area contributed by atoms with Crippen LogP contribution >= 0.6 is 0 Å². The Labute approximate surface area is 521 Å². The van der Waals surface area contributed by atoms with Crippen LogP contribution in [-0.4, -0.2) is 38.2 Å². The van der Waals surface area contributed by atoms with E-state index in [1.807, 2.05) is 114 Å². The van der Waals surface area contributed by atoms with Crippen molar-refractivity contribution in [1.82, 2.24) is 38.2 Å². The molecule has 0 aliphatic heterocycles. The molecule has 0 aliphatic rings. The zero-order chi connectivity index (χ0) is 65.7. The third kappa shape index (κ3) is 19.1. The van der Waals surface area contributed by atoms with Gasteiger partial charge in [0.1, 0.15) is 0 Å². The van der Waals surface area contributed by atoms with Gasteiger partial charge in [-0.05, 0) is 175 Å². The van der Waals surface area contributed by atoms with E-state index in [4.69, 9.17) is 0 Å². The van der Waals surface area contributed by atoms with Crippen molar-refractivity contribution < 1.29 is 0 Å². The number of fused-ring (bicyclic) bond motifs is 6. The molecule has 0 radical (unpaired) electrons. The Hall–Kier alpha value is -7.84. The fraction of sp³-hybridized carbons (Fsp3) is 0.385. The van der Waals surface area contributed by atoms with Crippen LogP contribution in [-0.2, 0) is 28.2 Å². The first-order chi connectivity index (χ1) is 41.2. The summed E-state index contributed by atoms with van der Waals surface area (Å²) in [6.45, 7) is 53.9. The van der Waals surface area contributed by atoms with Gasteiger partial charge in [0.15, 0.2) is 0 Å². The summed E-state index contributed by atoms with van der Waals surface area (Å²) in [7, 11) is 8.27. The number of benzene rings is 4. The van der Waals surface area contributed by atoms with Crippen LogP contribution in [0.1, 0.15) is 162 Å². The largest absolute Gasteiger partial charge is 0.353 e. The molecule has 0 saturated heterocycles. The number of aryl methyl sites for hydroxylation is 18. The predicted molar refractivity (Wildman–Crippen MR) is 385 cm³/mol. The van der Waals surface area contributed by atoms with Crippen LogP contribution in [0.5, 0.6) is 0 Å². The van der Waals surface area contributed by atoms with E-state index in [1.165, 1.54) is 127 Å². The topological polar surface area (TPSA) is 71.3 Å². The maximum Gasteiger partial charge on any atom is 0.0883 e. The van der Waals surface area contributed by atoms with Crippen LogP contribution in [0.25, 0.3) is 64.8 Å². The van der Waals surface area contributed by atoms with E-state index in [1.54, 1.807) is 0 Å². The van der Waals surface area contributed by atoms with E-state index < -0.39 is 0 Å². The molecule has 0 saturated carbocycles. The van der Waals surface area contributed by atoms with Crippen molar-refractivity contribution in [2.24, 2.45) is 28.2 Å². The molecule has 0 unspecified atom stereocenters. The normalized spacial score (nSPS) is 9.74. The minimum atomic E-state index is 1.09. The second-order valence-corrected chi connectivity index (χ2v) is 20.2. The molecule has 8 heteroatoms. The van der Waals surface area contributed by atoms with Crippen LogP contribution in [0, 0.1) is 96.9 Å². The second-order valence-electron chi connectivity index (χ2n) is 20.2. The maximum absolute atomic E-state index is 4.35. The molecule has 0 atom stereocenters. The molecule has 8 heterocycles. The molecule has 0 spiro atoms. The molecule has 464 valence electrons. The molecular formula is C78H112N8. The van der Waals surface area contributed by atoms with E-state index in [2.05, 4.69) is 267 Å². The summed E-state index contributed by atoms with van der Waals surface area (Å²) < 4.78 is 8.57. The highest BCUT2D eigenvalue weighted by atomic mass is 14.9. The number of hydrogen-bond acceptors (Lipinski definition) is 4. The van der Waals surface area contributed by atoms with Crippen LogP contribution in [0.3, 0.4) is 0 Å². The van der Waals surface area contributed by atoms with E-state index in [9.17, 15) is 0 Å². The van der Waals surface area contributed by atoms with Crippen molar-refractivity contribution in [2.75, 3.05) is 0 Å². The quantitative estimate of drug-likeness (QED) is 0.152. The first kappa shape index (κ1) is 76.2. The Bertz CT molecular complexity index is 3520. The Balaban J connectivity index is 0.000000498. The third-order valence-corrected chi connectivity index (χ3v) is 15.1. The summed E-state index contributed by atoms with van der Waals surface area (Å²) in [6.07, 6.45) is 18.0. The third-order valence-electron chi connectivity index (χ3n) is 15.1. The zero-order valence-electron chi connectivity index (χ0n) is 59.3. The lowest BCUT2D eigenvalue weighted by Crippen LogP contribution is -1.90. The van der Waals surface area contributed by atoms with Gasteiger partial charge < -0.3 is 18.3 Å². The zero-order valence-corrected chi connectivity index (χ0v) is 59.3. The van der Waals surface area contributed by atoms with Gasteiger partial charge in [-0.2, -0.15) is 0 Å². The molecule has 8 aromatic heterocycles. The lowest BCUT2D eigenvalue weighted by molar-refractivity contribution is 0.888. The minimum absolute atomic E-state index is 1.09. The van der Waals surface area contributed by atoms with E-state index in [-0.39, 0.29) is 0 Å². The molecule has 12 rings (SSSR count). The van der Waals surface area contributed by atoms with E-state index >= 15 is 0 Å². The summed E-state index contributed by atoms with van der Waals surface area (Å²) in [5.74, 6) is 0.